The molecule has 2 aliphatic rings. The van der Waals surface area contributed by atoms with Crippen molar-refractivity contribution >= 4 is 17.4 Å². The Kier molecular flexibility index (Phi) is 4.29. The molecule has 2 fully saturated rings. The maximum atomic E-state index is 11.4. The molecule has 0 radical (unpaired) electrons. The highest BCUT2D eigenvalue weighted by molar-refractivity contribution is 7.15. The number of ether oxygens (including phenoxy) is 1. The summed E-state index contributed by atoms with van der Waals surface area (Å²) >= 11 is 1.87. The van der Waals surface area contributed by atoms with E-state index >= 15 is 0 Å². The van der Waals surface area contributed by atoms with Gasteiger partial charge in [0.15, 0.2) is 0 Å². The number of hydrogen-bond acceptors (Lipinski definition) is 4. The van der Waals surface area contributed by atoms with Crippen molar-refractivity contribution < 1.29 is 9.53 Å². The number of benzene rings is 1. The molecule has 1 amide bonds. The van der Waals surface area contributed by atoms with Crippen molar-refractivity contribution in [3.05, 3.63) is 47.3 Å². The van der Waals surface area contributed by atoms with E-state index in [2.05, 4.69) is 52.7 Å². The number of alkyl carbamates (subject to hydrolysis) is 1. The fraction of sp³-hybridized carbons (Fsp3) is 0.421. The van der Waals surface area contributed by atoms with E-state index in [1.165, 1.54) is 15.3 Å². The van der Waals surface area contributed by atoms with Crippen molar-refractivity contribution in [2.24, 2.45) is 0 Å². The number of thiophene rings is 1. The van der Waals surface area contributed by atoms with Gasteiger partial charge in [0.2, 0.25) is 0 Å². The molecule has 3 heterocycles. The molecule has 4 nitrogen and oxygen atoms in total. The van der Waals surface area contributed by atoms with Gasteiger partial charge >= 0.3 is 6.09 Å². The number of carbonyl (C=O) groups excluding carboxylic acids is 1. The molecule has 1 N–H and O–H groups in total. The lowest BCUT2D eigenvalue weighted by molar-refractivity contribution is 0.0443. The van der Waals surface area contributed by atoms with Crippen LogP contribution in [0.1, 0.15) is 24.1 Å². The van der Waals surface area contributed by atoms with Crippen molar-refractivity contribution in [3.8, 4) is 10.4 Å². The molecule has 4 rings (SSSR count). The summed E-state index contributed by atoms with van der Waals surface area (Å²) in [7, 11) is 0. The van der Waals surface area contributed by atoms with Gasteiger partial charge < -0.3 is 10.1 Å². The molecule has 126 valence electrons. The number of nitrogens with one attached hydrogen (secondary N) is 1. The summed E-state index contributed by atoms with van der Waals surface area (Å²) in [6.07, 6.45) is 2.70. The van der Waals surface area contributed by atoms with Gasteiger partial charge in [0.1, 0.15) is 5.60 Å². The maximum Gasteiger partial charge on any atom is 0.407 e. The van der Waals surface area contributed by atoms with Crippen LogP contribution < -0.4 is 5.32 Å². The number of rotatable bonds is 3. The molecule has 2 aromatic rings. The monoisotopic (exact) mass is 342 g/mol. The number of likely N-dealkylation sites (tertiary alicyclic amines) is 1. The molecule has 2 saturated heterocycles. The highest BCUT2D eigenvalue weighted by Crippen LogP contribution is 2.32. The molecule has 1 atom stereocenters. The highest BCUT2D eigenvalue weighted by Gasteiger charge is 2.41. The molecule has 5 heteroatoms. The molecule has 24 heavy (non-hydrogen) atoms. The van der Waals surface area contributed by atoms with Gasteiger partial charge in [0.25, 0.3) is 0 Å². The molecular formula is C19H22N2O2S. The van der Waals surface area contributed by atoms with Crippen LogP contribution in [0.15, 0.2) is 42.5 Å². The lowest BCUT2D eigenvalue weighted by atomic mass is 9.95. The average Bonchev–Trinajstić information content (AvgIpc) is 3.15. The summed E-state index contributed by atoms with van der Waals surface area (Å²) in [5.74, 6) is 0. The average molecular weight is 342 g/mol. The molecule has 1 aromatic heterocycles. The van der Waals surface area contributed by atoms with Gasteiger partial charge in [-0.05, 0) is 37.1 Å². The van der Waals surface area contributed by atoms with E-state index < -0.39 is 0 Å². The zero-order valence-corrected chi connectivity index (χ0v) is 14.5. The van der Waals surface area contributed by atoms with Crippen LogP contribution in [0.3, 0.4) is 0 Å². The van der Waals surface area contributed by atoms with Gasteiger partial charge in [-0.3, -0.25) is 4.90 Å². The van der Waals surface area contributed by atoms with E-state index in [9.17, 15) is 4.79 Å². The third kappa shape index (κ3) is 3.32. The normalized spacial score (nSPS) is 24.6. The largest absolute Gasteiger partial charge is 0.441 e. The minimum Gasteiger partial charge on any atom is -0.441 e. The number of hydrogen-bond donors (Lipinski definition) is 1. The molecule has 1 spiro atoms. The van der Waals surface area contributed by atoms with Crippen LogP contribution in [0.2, 0.25) is 0 Å². The summed E-state index contributed by atoms with van der Waals surface area (Å²) < 4.78 is 5.56. The standard InChI is InChI=1S/C19H22N2O2S/c22-18-20-14-19(23-18)9-4-11-21(12-10-19)13-16-7-8-17(24-16)15-5-2-1-3-6-15/h1-3,5-8H,4,9-14H2,(H,20,22)/t19-/m1/s1. The zero-order chi connectivity index (χ0) is 16.4. The van der Waals surface area contributed by atoms with E-state index in [0.717, 1.165) is 38.9 Å². The Labute approximate surface area is 146 Å². The summed E-state index contributed by atoms with van der Waals surface area (Å²) in [4.78, 5) is 16.6. The second-order valence-corrected chi connectivity index (χ2v) is 7.86. The SMILES string of the molecule is O=C1NC[C@]2(CCCN(Cc3ccc(-c4ccccc4)s3)CC2)O1. The topological polar surface area (TPSA) is 41.6 Å². The smallest absolute Gasteiger partial charge is 0.407 e. The first-order valence-corrected chi connectivity index (χ1v) is 9.37. The second-order valence-electron chi connectivity index (χ2n) is 6.69. The first kappa shape index (κ1) is 15.7. The van der Waals surface area contributed by atoms with E-state index in [0.29, 0.717) is 6.54 Å². The Morgan fingerprint density at radius 3 is 2.79 bits per heavy atom. The first-order chi connectivity index (χ1) is 11.7. The highest BCUT2D eigenvalue weighted by atomic mass is 32.1. The van der Waals surface area contributed by atoms with E-state index in [1.54, 1.807) is 0 Å². The van der Waals surface area contributed by atoms with Crippen LogP contribution in [0.5, 0.6) is 0 Å². The third-order valence-corrected chi connectivity index (χ3v) is 6.07. The van der Waals surface area contributed by atoms with Gasteiger partial charge in [-0.1, -0.05) is 30.3 Å². The molecule has 0 aliphatic carbocycles. The lowest BCUT2D eigenvalue weighted by Crippen LogP contribution is -2.34. The van der Waals surface area contributed by atoms with Crippen molar-refractivity contribution in [1.29, 1.82) is 0 Å². The van der Waals surface area contributed by atoms with Gasteiger partial charge in [0.05, 0.1) is 6.54 Å². The predicted octanol–water partition coefficient (Wildman–Crippen LogP) is 3.88. The maximum absolute atomic E-state index is 11.4. The Balaban J connectivity index is 1.39. The molecule has 0 bridgehead atoms. The fourth-order valence-electron chi connectivity index (χ4n) is 3.60. The van der Waals surface area contributed by atoms with E-state index in [1.807, 2.05) is 11.3 Å². The molecule has 0 saturated carbocycles. The Bertz CT molecular complexity index is 715. The number of amides is 1. The van der Waals surface area contributed by atoms with Gasteiger partial charge in [0, 0.05) is 29.3 Å². The van der Waals surface area contributed by atoms with Gasteiger partial charge in [-0.15, -0.1) is 11.3 Å². The van der Waals surface area contributed by atoms with Crippen LogP contribution in [0, 0.1) is 0 Å². The molecular weight excluding hydrogens is 320 g/mol. The minimum atomic E-state index is -0.267. The fourth-order valence-corrected chi connectivity index (χ4v) is 4.66. The van der Waals surface area contributed by atoms with E-state index in [-0.39, 0.29) is 11.7 Å². The van der Waals surface area contributed by atoms with Crippen LogP contribution in [-0.4, -0.2) is 36.2 Å². The minimum absolute atomic E-state index is 0.255. The van der Waals surface area contributed by atoms with Crippen LogP contribution in [0.4, 0.5) is 4.79 Å². The van der Waals surface area contributed by atoms with Crippen molar-refractivity contribution in [1.82, 2.24) is 10.2 Å². The first-order valence-electron chi connectivity index (χ1n) is 8.56. The summed E-state index contributed by atoms with van der Waals surface area (Å²) in [6.45, 7) is 3.69. The predicted molar refractivity (Wildman–Crippen MR) is 96.1 cm³/mol. The number of carbonyl (C=O) groups is 1. The molecule has 1 aromatic carbocycles. The molecule has 2 aliphatic heterocycles. The van der Waals surface area contributed by atoms with E-state index in [4.69, 9.17) is 4.74 Å². The van der Waals surface area contributed by atoms with Crippen LogP contribution >= 0.6 is 11.3 Å². The van der Waals surface area contributed by atoms with Crippen molar-refractivity contribution in [2.45, 2.75) is 31.4 Å². The van der Waals surface area contributed by atoms with Crippen LogP contribution in [-0.2, 0) is 11.3 Å². The van der Waals surface area contributed by atoms with Crippen molar-refractivity contribution in [3.63, 3.8) is 0 Å². The summed E-state index contributed by atoms with van der Waals surface area (Å²) in [5.41, 5.74) is 1.02. The zero-order valence-electron chi connectivity index (χ0n) is 13.7. The quantitative estimate of drug-likeness (QED) is 0.920. The molecule has 0 unspecified atom stereocenters. The second kappa shape index (κ2) is 6.57. The van der Waals surface area contributed by atoms with Crippen LogP contribution in [0.25, 0.3) is 10.4 Å². The summed E-state index contributed by atoms with van der Waals surface area (Å²) in [6, 6.07) is 15.0. The Hall–Kier alpha value is -1.85. The third-order valence-electron chi connectivity index (χ3n) is 4.95. The van der Waals surface area contributed by atoms with Crippen molar-refractivity contribution in [2.75, 3.05) is 19.6 Å². The summed E-state index contributed by atoms with van der Waals surface area (Å²) in [5, 5.41) is 2.82. The number of nitrogens with zero attached hydrogens (tertiary/aromatic N) is 1. The van der Waals surface area contributed by atoms with Gasteiger partial charge in [-0.25, -0.2) is 4.79 Å². The Morgan fingerprint density at radius 1 is 1.12 bits per heavy atom. The van der Waals surface area contributed by atoms with Gasteiger partial charge in [-0.2, -0.15) is 0 Å². The lowest BCUT2D eigenvalue weighted by Gasteiger charge is -2.24. The Morgan fingerprint density at radius 2 is 2.00 bits per heavy atom.